The van der Waals surface area contributed by atoms with Crippen LogP contribution in [0, 0.1) is 18.6 Å². The molecule has 0 fully saturated rings. The van der Waals surface area contributed by atoms with Gasteiger partial charge < -0.3 is 5.73 Å². The average Bonchev–Trinajstić information content (AvgIpc) is 2.35. The Morgan fingerprint density at radius 1 is 1.17 bits per heavy atom. The molecule has 0 saturated carbocycles. The summed E-state index contributed by atoms with van der Waals surface area (Å²) < 4.78 is 27.4. The molecule has 0 spiro atoms. The number of nitrogens with two attached hydrogens (primary N) is 1. The van der Waals surface area contributed by atoms with Gasteiger partial charge in [-0.2, -0.15) is 0 Å². The summed E-state index contributed by atoms with van der Waals surface area (Å²) in [7, 11) is 0. The zero-order valence-corrected chi connectivity index (χ0v) is 10.5. The van der Waals surface area contributed by atoms with E-state index in [1.54, 1.807) is 12.4 Å². The van der Waals surface area contributed by atoms with Crippen LogP contribution in [0.15, 0.2) is 34.6 Å². The molecule has 2 rings (SSSR count). The summed E-state index contributed by atoms with van der Waals surface area (Å²) in [6.45, 7) is 1.94. The Labute approximate surface area is 107 Å². The molecule has 1 aromatic heterocycles. The van der Waals surface area contributed by atoms with Crippen LogP contribution in [0.3, 0.4) is 0 Å². The standard InChI is InChI=1S/C12H11F2N3S/c1-7-5-16-12(17-6-7)18-11-9(13)2-8(4-15)3-10(11)14/h2-3,5-6H,4,15H2,1H3. The van der Waals surface area contributed by atoms with Gasteiger partial charge in [-0.1, -0.05) is 0 Å². The first-order valence-corrected chi connectivity index (χ1v) is 6.06. The first-order chi connectivity index (χ1) is 8.60. The third-order valence-electron chi connectivity index (χ3n) is 2.24. The maximum atomic E-state index is 13.7. The number of nitrogens with zero attached hydrogens (tertiary/aromatic N) is 2. The highest BCUT2D eigenvalue weighted by Gasteiger charge is 2.13. The molecule has 0 unspecified atom stereocenters. The van der Waals surface area contributed by atoms with E-state index in [0.717, 1.165) is 17.3 Å². The van der Waals surface area contributed by atoms with Gasteiger partial charge in [0, 0.05) is 18.9 Å². The van der Waals surface area contributed by atoms with E-state index in [4.69, 9.17) is 5.73 Å². The van der Waals surface area contributed by atoms with Crippen LogP contribution < -0.4 is 5.73 Å². The highest BCUT2D eigenvalue weighted by Crippen LogP contribution is 2.30. The predicted molar refractivity (Wildman–Crippen MR) is 65.1 cm³/mol. The van der Waals surface area contributed by atoms with Gasteiger partial charge in [0.15, 0.2) is 5.16 Å². The smallest absolute Gasteiger partial charge is 0.192 e. The van der Waals surface area contributed by atoms with Gasteiger partial charge in [-0.05, 0) is 41.9 Å². The molecule has 94 valence electrons. The molecule has 0 saturated heterocycles. The fourth-order valence-corrected chi connectivity index (χ4v) is 2.06. The van der Waals surface area contributed by atoms with Crippen molar-refractivity contribution in [2.24, 2.45) is 5.73 Å². The Balaban J connectivity index is 2.31. The van der Waals surface area contributed by atoms with Crippen molar-refractivity contribution in [3.63, 3.8) is 0 Å². The molecule has 18 heavy (non-hydrogen) atoms. The van der Waals surface area contributed by atoms with Crippen molar-refractivity contribution in [1.29, 1.82) is 0 Å². The summed E-state index contributed by atoms with van der Waals surface area (Å²) in [6, 6.07) is 2.44. The van der Waals surface area contributed by atoms with Crippen LogP contribution >= 0.6 is 11.8 Å². The SMILES string of the molecule is Cc1cnc(Sc2c(F)cc(CN)cc2F)nc1. The van der Waals surface area contributed by atoms with Crippen molar-refractivity contribution in [3.05, 3.63) is 47.3 Å². The molecule has 3 nitrogen and oxygen atoms in total. The minimum atomic E-state index is -0.648. The molecule has 0 bridgehead atoms. The second-order valence-corrected chi connectivity index (χ2v) is 4.72. The van der Waals surface area contributed by atoms with E-state index in [9.17, 15) is 8.78 Å². The van der Waals surface area contributed by atoms with E-state index >= 15 is 0 Å². The highest BCUT2D eigenvalue weighted by molar-refractivity contribution is 7.99. The largest absolute Gasteiger partial charge is 0.326 e. The minimum absolute atomic E-state index is 0.0970. The van der Waals surface area contributed by atoms with Crippen molar-refractivity contribution < 1.29 is 8.78 Å². The van der Waals surface area contributed by atoms with Crippen LogP contribution in [0.5, 0.6) is 0 Å². The molecule has 6 heteroatoms. The second-order valence-electron chi connectivity index (χ2n) is 3.74. The molecule has 0 atom stereocenters. The van der Waals surface area contributed by atoms with Gasteiger partial charge in [-0.15, -0.1) is 0 Å². The summed E-state index contributed by atoms with van der Waals surface area (Å²) in [5, 5.41) is 0.305. The van der Waals surface area contributed by atoms with Crippen LogP contribution in [0.25, 0.3) is 0 Å². The Kier molecular flexibility index (Phi) is 3.88. The van der Waals surface area contributed by atoms with Gasteiger partial charge >= 0.3 is 0 Å². The van der Waals surface area contributed by atoms with Crippen LogP contribution in [0.1, 0.15) is 11.1 Å². The van der Waals surface area contributed by atoms with Crippen LogP contribution in [0.2, 0.25) is 0 Å². The van der Waals surface area contributed by atoms with Crippen molar-refractivity contribution in [2.45, 2.75) is 23.5 Å². The third-order valence-corrected chi connectivity index (χ3v) is 3.23. The minimum Gasteiger partial charge on any atom is -0.326 e. The topological polar surface area (TPSA) is 51.8 Å². The quantitative estimate of drug-likeness (QED) is 0.869. The number of hydrogen-bond donors (Lipinski definition) is 1. The number of rotatable bonds is 3. The van der Waals surface area contributed by atoms with Gasteiger partial charge in [0.05, 0.1) is 4.90 Å². The zero-order chi connectivity index (χ0) is 13.1. The van der Waals surface area contributed by atoms with E-state index in [2.05, 4.69) is 9.97 Å². The second kappa shape index (κ2) is 5.41. The maximum Gasteiger partial charge on any atom is 0.192 e. The van der Waals surface area contributed by atoms with Gasteiger partial charge in [-0.3, -0.25) is 0 Å². The fourth-order valence-electron chi connectivity index (χ4n) is 1.35. The normalized spacial score (nSPS) is 10.7. The molecule has 2 N–H and O–H groups in total. The number of aryl methyl sites for hydroxylation is 1. The van der Waals surface area contributed by atoms with E-state index in [1.807, 2.05) is 6.92 Å². The van der Waals surface area contributed by atoms with Crippen molar-refractivity contribution >= 4 is 11.8 Å². The molecule has 0 aliphatic carbocycles. The van der Waals surface area contributed by atoms with Gasteiger partial charge in [-0.25, -0.2) is 18.7 Å². The molecule has 1 aromatic carbocycles. The maximum absolute atomic E-state index is 13.7. The van der Waals surface area contributed by atoms with Crippen LogP contribution in [-0.4, -0.2) is 9.97 Å². The van der Waals surface area contributed by atoms with E-state index < -0.39 is 11.6 Å². The lowest BCUT2D eigenvalue weighted by Crippen LogP contribution is -2.00. The van der Waals surface area contributed by atoms with Crippen molar-refractivity contribution in [3.8, 4) is 0 Å². The zero-order valence-electron chi connectivity index (χ0n) is 9.65. The molecule has 0 aliphatic heterocycles. The summed E-state index contributed by atoms with van der Waals surface area (Å²) in [5.74, 6) is -1.30. The summed E-state index contributed by atoms with van der Waals surface area (Å²) in [6.07, 6.45) is 3.19. The Hall–Kier alpha value is -1.53. The molecule has 1 heterocycles. The molecule has 0 aliphatic rings. The molecular weight excluding hydrogens is 256 g/mol. The van der Waals surface area contributed by atoms with Crippen molar-refractivity contribution in [1.82, 2.24) is 9.97 Å². The highest BCUT2D eigenvalue weighted by atomic mass is 32.2. The first kappa shape index (κ1) is 12.9. The van der Waals surface area contributed by atoms with Crippen molar-refractivity contribution in [2.75, 3.05) is 0 Å². The molecular formula is C12H11F2N3S. The first-order valence-electron chi connectivity index (χ1n) is 5.24. The van der Waals surface area contributed by atoms with Gasteiger partial charge in [0.25, 0.3) is 0 Å². The Morgan fingerprint density at radius 2 is 1.72 bits per heavy atom. The summed E-state index contributed by atoms with van der Waals surface area (Å²) in [4.78, 5) is 7.87. The molecule has 0 radical (unpaired) electrons. The molecule has 0 amide bonds. The Morgan fingerprint density at radius 3 is 2.22 bits per heavy atom. The average molecular weight is 267 g/mol. The monoisotopic (exact) mass is 267 g/mol. The van der Waals surface area contributed by atoms with E-state index in [0.29, 0.717) is 10.7 Å². The third kappa shape index (κ3) is 2.83. The lowest BCUT2D eigenvalue weighted by molar-refractivity contribution is 0.537. The van der Waals surface area contributed by atoms with Crippen LogP contribution in [0.4, 0.5) is 8.78 Å². The number of aromatic nitrogens is 2. The van der Waals surface area contributed by atoms with E-state index in [-0.39, 0.29) is 11.4 Å². The van der Waals surface area contributed by atoms with E-state index in [1.165, 1.54) is 12.1 Å². The summed E-state index contributed by atoms with van der Waals surface area (Å²) in [5.41, 5.74) is 6.65. The van der Waals surface area contributed by atoms with Gasteiger partial charge in [0.2, 0.25) is 0 Å². The fraction of sp³-hybridized carbons (Fsp3) is 0.167. The lowest BCUT2D eigenvalue weighted by Gasteiger charge is -2.06. The van der Waals surface area contributed by atoms with Gasteiger partial charge in [0.1, 0.15) is 11.6 Å². The predicted octanol–water partition coefficient (Wildman–Crippen LogP) is 2.67. The number of halogens is 2. The number of hydrogen-bond acceptors (Lipinski definition) is 4. The molecule has 2 aromatic rings. The lowest BCUT2D eigenvalue weighted by atomic mass is 10.2. The number of benzene rings is 1. The Bertz CT molecular complexity index is 535. The summed E-state index contributed by atoms with van der Waals surface area (Å²) >= 11 is 0.856. The van der Waals surface area contributed by atoms with Crippen LogP contribution in [-0.2, 0) is 6.54 Å².